The Morgan fingerprint density at radius 3 is 2.83 bits per heavy atom. The van der Waals surface area contributed by atoms with Crippen molar-refractivity contribution < 1.29 is 8.78 Å². The van der Waals surface area contributed by atoms with Crippen LogP contribution in [0.25, 0.3) is 0 Å². The molecule has 0 bridgehead atoms. The highest BCUT2D eigenvalue weighted by atomic mass is 19.1. The first-order valence-corrected chi connectivity index (χ1v) is 8.06. The van der Waals surface area contributed by atoms with Crippen LogP contribution in [0, 0.1) is 17.6 Å². The Bertz CT molecular complexity index is 757. The number of nitrogens with zero attached hydrogens (tertiary/aromatic N) is 2. The number of hydrogen-bond donors (Lipinski definition) is 2. The van der Waals surface area contributed by atoms with Gasteiger partial charge in [0.25, 0.3) is 5.56 Å². The zero-order valence-electron chi connectivity index (χ0n) is 13.5. The van der Waals surface area contributed by atoms with E-state index in [1.807, 2.05) is 5.01 Å². The fourth-order valence-electron chi connectivity index (χ4n) is 2.97. The third-order valence-corrected chi connectivity index (χ3v) is 4.14. The number of hydrazine groups is 1. The van der Waals surface area contributed by atoms with Crippen LogP contribution in [0.2, 0.25) is 0 Å². The maximum Gasteiger partial charge on any atom is 0.252 e. The number of aromatic nitrogens is 2. The minimum atomic E-state index is -0.642. The second-order valence-corrected chi connectivity index (χ2v) is 6.27. The highest BCUT2D eigenvalue weighted by Crippen LogP contribution is 2.17. The third kappa shape index (κ3) is 3.97. The molecule has 2 N–H and O–H groups in total. The molecule has 2 aromatic rings. The van der Waals surface area contributed by atoms with Gasteiger partial charge in [-0.05, 0) is 30.9 Å². The predicted molar refractivity (Wildman–Crippen MR) is 87.6 cm³/mol. The van der Waals surface area contributed by atoms with Gasteiger partial charge in [-0.25, -0.2) is 18.8 Å². The zero-order chi connectivity index (χ0) is 17.1. The van der Waals surface area contributed by atoms with Gasteiger partial charge in [-0.1, -0.05) is 13.0 Å². The Labute approximate surface area is 138 Å². The summed E-state index contributed by atoms with van der Waals surface area (Å²) in [6, 6.07) is 4.96. The Balaban J connectivity index is 1.80. The summed E-state index contributed by atoms with van der Waals surface area (Å²) in [5.74, 6) is -0.426. The van der Waals surface area contributed by atoms with Crippen molar-refractivity contribution >= 4 is 5.95 Å². The SMILES string of the molecule is CC1CCCN(Nc2nc(Cc3c(F)cccc3F)cc(=O)[nH]2)C1. The molecule has 1 saturated heterocycles. The smallest absolute Gasteiger partial charge is 0.252 e. The third-order valence-electron chi connectivity index (χ3n) is 4.14. The summed E-state index contributed by atoms with van der Waals surface area (Å²) in [5.41, 5.74) is 2.95. The number of benzene rings is 1. The molecule has 128 valence electrons. The van der Waals surface area contributed by atoms with Crippen LogP contribution in [0.3, 0.4) is 0 Å². The van der Waals surface area contributed by atoms with Crippen molar-refractivity contribution in [3.63, 3.8) is 0 Å². The van der Waals surface area contributed by atoms with Crippen LogP contribution in [0.15, 0.2) is 29.1 Å². The number of hydrogen-bond acceptors (Lipinski definition) is 4. The monoisotopic (exact) mass is 334 g/mol. The van der Waals surface area contributed by atoms with Gasteiger partial charge in [-0.3, -0.25) is 15.2 Å². The molecule has 24 heavy (non-hydrogen) atoms. The van der Waals surface area contributed by atoms with E-state index in [1.54, 1.807) is 0 Å². The molecule has 1 atom stereocenters. The first kappa shape index (κ1) is 16.6. The van der Waals surface area contributed by atoms with Crippen molar-refractivity contribution in [2.24, 2.45) is 5.92 Å². The summed E-state index contributed by atoms with van der Waals surface area (Å²) in [7, 11) is 0. The van der Waals surface area contributed by atoms with E-state index in [0.29, 0.717) is 17.6 Å². The van der Waals surface area contributed by atoms with E-state index in [9.17, 15) is 13.6 Å². The maximum absolute atomic E-state index is 13.8. The number of H-pyrrole nitrogens is 1. The van der Waals surface area contributed by atoms with E-state index in [1.165, 1.54) is 30.7 Å². The first-order valence-electron chi connectivity index (χ1n) is 8.06. The van der Waals surface area contributed by atoms with Crippen LogP contribution < -0.4 is 11.0 Å². The summed E-state index contributed by atoms with van der Waals surface area (Å²) in [6.07, 6.45) is 2.17. The summed E-state index contributed by atoms with van der Waals surface area (Å²) < 4.78 is 27.6. The molecule has 0 amide bonds. The lowest BCUT2D eigenvalue weighted by atomic mass is 10.0. The molecule has 7 heteroatoms. The molecule has 2 heterocycles. The molecule has 1 aromatic heterocycles. The van der Waals surface area contributed by atoms with Gasteiger partial charge in [0.2, 0.25) is 5.95 Å². The summed E-state index contributed by atoms with van der Waals surface area (Å²) in [6.45, 7) is 3.89. The molecule has 1 aromatic carbocycles. The van der Waals surface area contributed by atoms with E-state index >= 15 is 0 Å². The van der Waals surface area contributed by atoms with Crippen LogP contribution in [-0.4, -0.2) is 28.1 Å². The summed E-state index contributed by atoms with van der Waals surface area (Å²) >= 11 is 0. The molecule has 1 fully saturated rings. The average molecular weight is 334 g/mol. The molecule has 0 saturated carbocycles. The van der Waals surface area contributed by atoms with Crippen LogP contribution >= 0.6 is 0 Å². The molecule has 1 aliphatic heterocycles. The van der Waals surface area contributed by atoms with Crippen molar-refractivity contribution in [2.45, 2.75) is 26.2 Å². The minimum Gasteiger partial charge on any atom is -0.292 e. The number of nitrogens with one attached hydrogen (secondary N) is 2. The minimum absolute atomic E-state index is 0.0759. The van der Waals surface area contributed by atoms with E-state index in [2.05, 4.69) is 22.3 Å². The lowest BCUT2D eigenvalue weighted by Gasteiger charge is -2.31. The van der Waals surface area contributed by atoms with Crippen molar-refractivity contribution in [3.8, 4) is 0 Å². The Morgan fingerprint density at radius 1 is 1.38 bits per heavy atom. The molecular weight excluding hydrogens is 314 g/mol. The van der Waals surface area contributed by atoms with Gasteiger partial charge >= 0.3 is 0 Å². The standard InChI is InChI=1S/C17H20F2N4O/c1-11-4-3-7-23(10-11)22-17-20-12(9-16(24)21-17)8-13-14(18)5-2-6-15(13)19/h2,5-6,9,11H,3-4,7-8,10H2,1H3,(H2,20,21,22,24). The van der Waals surface area contributed by atoms with Crippen molar-refractivity contribution in [2.75, 3.05) is 18.5 Å². The summed E-state index contributed by atoms with van der Waals surface area (Å²) in [4.78, 5) is 18.7. The maximum atomic E-state index is 13.8. The van der Waals surface area contributed by atoms with Crippen LogP contribution in [0.1, 0.15) is 31.0 Å². The molecular formula is C17H20F2N4O. The molecule has 0 spiro atoms. The van der Waals surface area contributed by atoms with E-state index in [0.717, 1.165) is 19.5 Å². The van der Waals surface area contributed by atoms with Crippen LogP contribution in [-0.2, 0) is 6.42 Å². The number of aromatic amines is 1. The van der Waals surface area contributed by atoms with Crippen molar-refractivity contribution in [3.05, 3.63) is 57.5 Å². The second-order valence-electron chi connectivity index (χ2n) is 6.27. The van der Waals surface area contributed by atoms with Crippen molar-refractivity contribution in [1.29, 1.82) is 0 Å². The van der Waals surface area contributed by atoms with Gasteiger partial charge in [0.1, 0.15) is 11.6 Å². The van der Waals surface area contributed by atoms with Crippen molar-refractivity contribution in [1.82, 2.24) is 15.0 Å². The van der Waals surface area contributed by atoms with Gasteiger partial charge in [-0.15, -0.1) is 0 Å². The molecule has 0 radical (unpaired) electrons. The average Bonchev–Trinajstić information content (AvgIpc) is 2.50. The number of piperidine rings is 1. The zero-order valence-corrected chi connectivity index (χ0v) is 13.5. The van der Waals surface area contributed by atoms with Gasteiger partial charge < -0.3 is 0 Å². The molecule has 0 aliphatic carbocycles. The molecule has 5 nitrogen and oxygen atoms in total. The number of anilines is 1. The largest absolute Gasteiger partial charge is 0.292 e. The Kier molecular flexibility index (Phi) is 4.89. The highest BCUT2D eigenvalue weighted by molar-refractivity contribution is 5.29. The van der Waals surface area contributed by atoms with E-state index in [-0.39, 0.29) is 17.5 Å². The van der Waals surface area contributed by atoms with Gasteiger partial charge in [0, 0.05) is 31.1 Å². The van der Waals surface area contributed by atoms with Gasteiger partial charge in [0.15, 0.2) is 0 Å². The topological polar surface area (TPSA) is 61.0 Å². The number of halogens is 2. The molecule has 1 aliphatic rings. The predicted octanol–water partition coefficient (Wildman–Crippen LogP) is 2.70. The lowest BCUT2D eigenvalue weighted by molar-refractivity contribution is 0.217. The van der Waals surface area contributed by atoms with E-state index < -0.39 is 11.6 Å². The van der Waals surface area contributed by atoms with Gasteiger partial charge in [-0.2, -0.15) is 0 Å². The molecule has 1 unspecified atom stereocenters. The Morgan fingerprint density at radius 2 is 2.12 bits per heavy atom. The second kappa shape index (κ2) is 7.09. The number of rotatable bonds is 4. The van der Waals surface area contributed by atoms with Crippen LogP contribution in [0.4, 0.5) is 14.7 Å². The normalized spacial score (nSPS) is 18.5. The summed E-state index contributed by atoms with van der Waals surface area (Å²) in [5, 5.41) is 2.00. The van der Waals surface area contributed by atoms with E-state index in [4.69, 9.17) is 0 Å². The van der Waals surface area contributed by atoms with Crippen LogP contribution in [0.5, 0.6) is 0 Å². The highest BCUT2D eigenvalue weighted by Gasteiger charge is 2.17. The fraction of sp³-hybridized carbons (Fsp3) is 0.412. The first-order chi connectivity index (χ1) is 11.5. The fourth-order valence-corrected chi connectivity index (χ4v) is 2.97. The molecule has 3 rings (SSSR count). The lowest BCUT2D eigenvalue weighted by Crippen LogP contribution is -2.39. The quantitative estimate of drug-likeness (QED) is 0.902. The van der Waals surface area contributed by atoms with Gasteiger partial charge in [0.05, 0.1) is 5.69 Å². The Hall–Kier alpha value is -2.28.